The zero-order valence-corrected chi connectivity index (χ0v) is 11.4. The number of nitrogens with zero attached hydrogens (tertiary/aromatic N) is 4. The third-order valence-corrected chi connectivity index (χ3v) is 3.42. The van der Waals surface area contributed by atoms with Gasteiger partial charge >= 0.3 is 0 Å². The fourth-order valence-corrected chi connectivity index (χ4v) is 2.41. The van der Waals surface area contributed by atoms with Gasteiger partial charge < -0.3 is 4.40 Å². The SMILES string of the molecule is Cc1cccn2c(C(C)C#N)c(-c3cccnc3)nc12. The summed E-state index contributed by atoms with van der Waals surface area (Å²) >= 11 is 0. The van der Waals surface area contributed by atoms with Gasteiger partial charge in [0, 0.05) is 24.2 Å². The van der Waals surface area contributed by atoms with Crippen LogP contribution in [0.5, 0.6) is 0 Å². The Balaban J connectivity index is 2.37. The Bertz CT molecular complexity index is 796. The number of hydrogen-bond donors (Lipinski definition) is 0. The highest BCUT2D eigenvalue weighted by Crippen LogP contribution is 2.30. The van der Waals surface area contributed by atoms with Crippen LogP contribution in [0.3, 0.4) is 0 Å². The molecule has 3 heterocycles. The van der Waals surface area contributed by atoms with Crippen LogP contribution in [-0.2, 0) is 0 Å². The summed E-state index contributed by atoms with van der Waals surface area (Å²) in [6.07, 6.45) is 5.47. The van der Waals surface area contributed by atoms with Gasteiger partial charge in [0.1, 0.15) is 5.65 Å². The largest absolute Gasteiger partial charge is 0.302 e. The molecule has 3 aromatic heterocycles. The van der Waals surface area contributed by atoms with Crippen LogP contribution in [0.4, 0.5) is 0 Å². The first-order valence-corrected chi connectivity index (χ1v) is 6.50. The number of hydrogen-bond acceptors (Lipinski definition) is 3. The molecule has 0 spiro atoms. The molecular weight excluding hydrogens is 248 g/mol. The average Bonchev–Trinajstić information content (AvgIpc) is 2.88. The Kier molecular flexibility index (Phi) is 2.96. The number of pyridine rings is 2. The fraction of sp³-hybridized carbons (Fsp3) is 0.188. The van der Waals surface area contributed by atoms with E-state index >= 15 is 0 Å². The van der Waals surface area contributed by atoms with Crippen molar-refractivity contribution in [1.29, 1.82) is 5.26 Å². The lowest BCUT2D eigenvalue weighted by Gasteiger charge is -2.06. The lowest BCUT2D eigenvalue weighted by atomic mass is 10.0. The Morgan fingerprint density at radius 2 is 2.15 bits per heavy atom. The zero-order valence-electron chi connectivity index (χ0n) is 11.4. The lowest BCUT2D eigenvalue weighted by molar-refractivity contribution is 0.898. The summed E-state index contributed by atoms with van der Waals surface area (Å²) < 4.78 is 2.01. The van der Waals surface area contributed by atoms with Gasteiger partial charge in [-0.1, -0.05) is 6.07 Å². The summed E-state index contributed by atoms with van der Waals surface area (Å²) in [6.45, 7) is 3.92. The van der Waals surface area contributed by atoms with Crippen LogP contribution in [0.25, 0.3) is 16.9 Å². The highest BCUT2D eigenvalue weighted by molar-refractivity contribution is 5.68. The van der Waals surface area contributed by atoms with Crippen LogP contribution in [0, 0.1) is 18.3 Å². The van der Waals surface area contributed by atoms with Crippen LogP contribution in [-0.4, -0.2) is 14.4 Å². The van der Waals surface area contributed by atoms with Gasteiger partial charge in [-0.25, -0.2) is 4.98 Å². The van der Waals surface area contributed by atoms with E-state index in [0.29, 0.717) is 0 Å². The Morgan fingerprint density at radius 1 is 1.30 bits per heavy atom. The molecule has 3 aromatic rings. The van der Waals surface area contributed by atoms with Crippen LogP contribution >= 0.6 is 0 Å². The topological polar surface area (TPSA) is 54.0 Å². The van der Waals surface area contributed by atoms with Gasteiger partial charge in [-0.2, -0.15) is 5.26 Å². The molecule has 0 N–H and O–H groups in total. The minimum Gasteiger partial charge on any atom is -0.302 e. The molecule has 0 radical (unpaired) electrons. The van der Waals surface area contributed by atoms with E-state index < -0.39 is 0 Å². The second-order valence-corrected chi connectivity index (χ2v) is 4.82. The summed E-state index contributed by atoms with van der Waals surface area (Å²) in [4.78, 5) is 8.87. The summed E-state index contributed by atoms with van der Waals surface area (Å²) in [7, 11) is 0. The first kappa shape index (κ1) is 12.4. The summed E-state index contributed by atoms with van der Waals surface area (Å²) in [5.74, 6) is -0.234. The molecule has 0 bridgehead atoms. The quantitative estimate of drug-likeness (QED) is 0.711. The summed E-state index contributed by atoms with van der Waals surface area (Å²) in [5.41, 5.74) is 4.67. The van der Waals surface area contributed by atoms with E-state index in [4.69, 9.17) is 4.98 Å². The maximum atomic E-state index is 9.30. The van der Waals surface area contributed by atoms with Crippen molar-refractivity contribution in [2.45, 2.75) is 19.8 Å². The number of aromatic nitrogens is 3. The van der Waals surface area contributed by atoms with Crippen LogP contribution in [0.2, 0.25) is 0 Å². The molecule has 3 rings (SSSR count). The van der Waals surface area contributed by atoms with Crippen molar-refractivity contribution in [1.82, 2.24) is 14.4 Å². The van der Waals surface area contributed by atoms with Crippen LogP contribution in [0.1, 0.15) is 24.1 Å². The van der Waals surface area contributed by atoms with Gasteiger partial charge in [-0.15, -0.1) is 0 Å². The van der Waals surface area contributed by atoms with E-state index in [1.54, 1.807) is 12.4 Å². The maximum Gasteiger partial charge on any atom is 0.140 e. The lowest BCUT2D eigenvalue weighted by Crippen LogP contribution is -1.98. The van der Waals surface area contributed by atoms with E-state index in [0.717, 1.165) is 28.2 Å². The first-order valence-electron chi connectivity index (χ1n) is 6.50. The third kappa shape index (κ3) is 1.84. The van der Waals surface area contributed by atoms with Crippen molar-refractivity contribution >= 4 is 5.65 Å². The predicted octanol–water partition coefficient (Wildman–Crippen LogP) is 3.33. The first-order chi connectivity index (χ1) is 9.72. The van der Waals surface area contributed by atoms with E-state index in [-0.39, 0.29) is 5.92 Å². The van der Waals surface area contributed by atoms with Crippen molar-refractivity contribution in [3.05, 3.63) is 54.1 Å². The second kappa shape index (κ2) is 4.78. The van der Waals surface area contributed by atoms with Gasteiger partial charge in [0.25, 0.3) is 0 Å². The van der Waals surface area contributed by atoms with E-state index in [1.807, 2.05) is 48.7 Å². The van der Waals surface area contributed by atoms with Gasteiger partial charge in [-0.05, 0) is 37.6 Å². The highest BCUT2D eigenvalue weighted by atomic mass is 15.0. The Hall–Kier alpha value is -2.67. The molecular formula is C16H14N4. The van der Waals surface area contributed by atoms with Crippen molar-refractivity contribution in [2.75, 3.05) is 0 Å². The van der Waals surface area contributed by atoms with Crippen LogP contribution in [0.15, 0.2) is 42.9 Å². The number of aryl methyl sites for hydroxylation is 1. The van der Waals surface area contributed by atoms with Crippen molar-refractivity contribution in [2.24, 2.45) is 0 Å². The minimum atomic E-state index is -0.234. The van der Waals surface area contributed by atoms with Crippen molar-refractivity contribution < 1.29 is 0 Å². The second-order valence-electron chi connectivity index (χ2n) is 4.82. The van der Waals surface area contributed by atoms with Gasteiger partial charge in [-0.3, -0.25) is 4.98 Å². The molecule has 0 amide bonds. The molecule has 0 aliphatic carbocycles. The molecule has 1 unspecified atom stereocenters. The molecule has 20 heavy (non-hydrogen) atoms. The van der Waals surface area contributed by atoms with Gasteiger partial charge in [0.2, 0.25) is 0 Å². The Labute approximate surface area is 117 Å². The molecule has 98 valence electrons. The number of imidazole rings is 1. The third-order valence-electron chi connectivity index (χ3n) is 3.42. The molecule has 0 aromatic carbocycles. The minimum absolute atomic E-state index is 0.234. The number of rotatable bonds is 2. The summed E-state index contributed by atoms with van der Waals surface area (Å²) in [6, 6.07) is 10.2. The van der Waals surface area contributed by atoms with E-state index in [2.05, 4.69) is 11.1 Å². The van der Waals surface area contributed by atoms with E-state index in [9.17, 15) is 5.26 Å². The molecule has 0 fully saturated rings. The normalized spacial score (nSPS) is 12.2. The molecule has 0 aliphatic rings. The van der Waals surface area contributed by atoms with E-state index in [1.165, 1.54) is 0 Å². The highest BCUT2D eigenvalue weighted by Gasteiger charge is 2.19. The fourth-order valence-electron chi connectivity index (χ4n) is 2.41. The van der Waals surface area contributed by atoms with Crippen LogP contribution < -0.4 is 0 Å². The summed E-state index contributed by atoms with van der Waals surface area (Å²) in [5, 5.41) is 9.30. The molecule has 0 saturated heterocycles. The Morgan fingerprint density at radius 3 is 2.85 bits per heavy atom. The molecule has 4 heteroatoms. The smallest absolute Gasteiger partial charge is 0.140 e. The predicted molar refractivity (Wildman–Crippen MR) is 77.2 cm³/mol. The number of nitriles is 1. The molecule has 0 saturated carbocycles. The standard InChI is InChI=1S/C16H14N4/c1-11-5-4-8-20-15(12(2)9-17)14(19-16(11)20)13-6-3-7-18-10-13/h3-8,10,12H,1-2H3. The van der Waals surface area contributed by atoms with Gasteiger partial charge in [0.15, 0.2) is 0 Å². The maximum absolute atomic E-state index is 9.30. The monoisotopic (exact) mass is 262 g/mol. The molecule has 0 aliphatic heterocycles. The van der Waals surface area contributed by atoms with Gasteiger partial charge in [0.05, 0.1) is 23.4 Å². The molecule has 4 nitrogen and oxygen atoms in total. The average molecular weight is 262 g/mol. The zero-order chi connectivity index (χ0) is 14.1. The number of fused-ring (bicyclic) bond motifs is 1. The molecule has 1 atom stereocenters. The van der Waals surface area contributed by atoms with Crippen molar-refractivity contribution in [3.8, 4) is 17.3 Å². The van der Waals surface area contributed by atoms with Crippen molar-refractivity contribution in [3.63, 3.8) is 0 Å².